The van der Waals surface area contributed by atoms with Gasteiger partial charge >= 0.3 is 0 Å². The van der Waals surface area contributed by atoms with E-state index < -0.39 is 10.0 Å². The number of carbonyl (C=O) groups is 1. The number of amides is 1. The van der Waals surface area contributed by atoms with Crippen LogP contribution in [-0.4, -0.2) is 32.5 Å². The Balaban J connectivity index is 2.20. The van der Waals surface area contributed by atoms with Gasteiger partial charge in [-0.25, -0.2) is 8.42 Å². The summed E-state index contributed by atoms with van der Waals surface area (Å²) in [5.74, 6) is -0.148. The normalized spacial score (nSPS) is 11.2. The third kappa shape index (κ3) is 4.32. The molecule has 0 aliphatic carbocycles. The van der Waals surface area contributed by atoms with Crippen molar-refractivity contribution in [3.63, 3.8) is 0 Å². The lowest BCUT2D eigenvalue weighted by molar-refractivity contribution is 0.0786. The first-order valence-corrected chi connectivity index (χ1v) is 9.39. The van der Waals surface area contributed by atoms with E-state index in [4.69, 9.17) is 0 Å². The fourth-order valence-corrected chi connectivity index (χ4v) is 3.37. The van der Waals surface area contributed by atoms with Crippen LogP contribution in [0.3, 0.4) is 0 Å². The van der Waals surface area contributed by atoms with Crippen LogP contribution in [0.5, 0.6) is 0 Å². The second-order valence-electron chi connectivity index (χ2n) is 5.14. The molecular weight excluding hydrogens is 320 g/mol. The Bertz CT molecular complexity index is 768. The largest absolute Gasteiger partial charge is 0.337 e. The van der Waals surface area contributed by atoms with Crippen LogP contribution in [0.1, 0.15) is 20.8 Å². The lowest BCUT2D eigenvalue weighted by atomic mass is 10.1. The van der Waals surface area contributed by atoms with E-state index in [2.05, 4.69) is 4.72 Å². The molecule has 1 aromatic heterocycles. The summed E-state index contributed by atoms with van der Waals surface area (Å²) in [6.07, 6.45) is 1.09. The highest BCUT2D eigenvalue weighted by Gasteiger charge is 2.15. The van der Waals surface area contributed by atoms with Crippen LogP contribution >= 0.6 is 11.3 Å². The molecule has 22 heavy (non-hydrogen) atoms. The summed E-state index contributed by atoms with van der Waals surface area (Å²) >= 11 is 1.59. The molecular formula is C15H18N2O3S2. The first-order chi connectivity index (χ1) is 10.3. The molecule has 0 saturated heterocycles. The molecule has 0 radical (unpaired) electrons. The lowest BCUT2D eigenvalue weighted by Crippen LogP contribution is -2.26. The van der Waals surface area contributed by atoms with E-state index in [1.807, 2.05) is 17.5 Å². The molecule has 5 nitrogen and oxygen atoms in total. The molecule has 1 amide bonds. The van der Waals surface area contributed by atoms with Crippen molar-refractivity contribution in [2.24, 2.45) is 0 Å². The maximum Gasteiger partial charge on any atom is 0.253 e. The van der Waals surface area contributed by atoms with Gasteiger partial charge in [0.1, 0.15) is 0 Å². The fourth-order valence-electron chi connectivity index (χ4n) is 1.99. The molecule has 2 aromatic rings. The summed E-state index contributed by atoms with van der Waals surface area (Å²) in [6, 6.07) is 8.93. The number of nitrogens with one attached hydrogen (secondary N) is 1. The molecule has 0 unspecified atom stereocenters. The van der Waals surface area contributed by atoms with E-state index in [9.17, 15) is 13.2 Å². The van der Waals surface area contributed by atoms with Crippen molar-refractivity contribution in [3.05, 3.63) is 51.7 Å². The van der Waals surface area contributed by atoms with Crippen molar-refractivity contribution in [1.82, 2.24) is 4.90 Å². The van der Waals surface area contributed by atoms with Crippen LogP contribution in [0, 0.1) is 6.92 Å². The number of hydrogen-bond acceptors (Lipinski definition) is 4. The average Bonchev–Trinajstić information content (AvgIpc) is 2.91. The van der Waals surface area contributed by atoms with Gasteiger partial charge in [0.05, 0.1) is 18.5 Å². The minimum Gasteiger partial charge on any atom is -0.337 e. The van der Waals surface area contributed by atoms with Gasteiger partial charge in [-0.1, -0.05) is 12.1 Å². The Hall–Kier alpha value is -1.86. The molecule has 1 aromatic carbocycles. The third-order valence-electron chi connectivity index (χ3n) is 3.10. The number of sulfonamides is 1. The van der Waals surface area contributed by atoms with Crippen LogP contribution in [0.4, 0.5) is 5.69 Å². The SMILES string of the molecule is Cc1ccc(C(=O)N(C)Cc2cccs2)cc1NS(C)(=O)=O. The monoisotopic (exact) mass is 338 g/mol. The quantitative estimate of drug-likeness (QED) is 0.911. The first-order valence-electron chi connectivity index (χ1n) is 6.62. The Kier molecular flexibility index (Phi) is 4.87. The van der Waals surface area contributed by atoms with Crippen molar-refractivity contribution in [2.75, 3.05) is 18.0 Å². The van der Waals surface area contributed by atoms with Gasteiger partial charge in [-0.15, -0.1) is 11.3 Å². The Morgan fingerprint density at radius 2 is 2.05 bits per heavy atom. The van der Waals surface area contributed by atoms with Gasteiger partial charge in [-0.2, -0.15) is 0 Å². The van der Waals surface area contributed by atoms with Gasteiger partial charge in [0.25, 0.3) is 5.91 Å². The van der Waals surface area contributed by atoms with Crippen LogP contribution in [-0.2, 0) is 16.6 Å². The number of rotatable bonds is 5. The van der Waals surface area contributed by atoms with Crippen LogP contribution in [0.25, 0.3) is 0 Å². The smallest absolute Gasteiger partial charge is 0.253 e. The molecule has 2 rings (SSSR count). The molecule has 0 bridgehead atoms. The van der Waals surface area contributed by atoms with Gasteiger partial charge in [0.15, 0.2) is 0 Å². The van der Waals surface area contributed by atoms with E-state index in [0.717, 1.165) is 16.7 Å². The van der Waals surface area contributed by atoms with Gasteiger partial charge in [-0.05, 0) is 36.1 Å². The maximum atomic E-state index is 12.5. The predicted molar refractivity (Wildman–Crippen MR) is 89.8 cm³/mol. The molecule has 0 aliphatic rings. The Morgan fingerprint density at radius 1 is 1.32 bits per heavy atom. The zero-order valence-electron chi connectivity index (χ0n) is 12.7. The maximum absolute atomic E-state index is 12.5. The van der Waals surface area contributed by atoms with Crippen LogP contribution in [0.15, 0.2) is 35.7 Å². The molecule has 1 heterocycles. The Morgan fingerprint density at radius 3 is 2.64 bits per heavy atom. The van der Waals surface area contributed by atoms with Crippen molar-refractivity contribution in [2.45, 2.75) is 13.5 Å². The number of aryl methyl sites for hydroxylation is 1. The van der Waals surface area contributed by atoms with Gasteiger partial charge in [-0.3, -0.25) is 9.52 Å². The number of benzene rings is 1. The molecule has 0 aliphatic heterocycles. The second-order valence-corrected chi connectivity index (χ2v) is 7.93. The molecule has 0 spiro atoms. The first kappa shape index (κ1) is 16.5. The second kappa shape index (κ2) is 6.50. The zero-order chi connectivity index (χ0) is 16.3. The van der Waals surface area contributed by atoms with Gasteiger partial charge in [0.2, 0.25) is 10.0 Å². The average molecular weight is 338 g/mol. The number of hydrogen-bond donors (Lipinski definition) is 1. The summed E-state index contributed by atoms with van der Waals surface area (Å²) in [6.45, 7) is 2.32. The van der Waals surface area contributed by atoms with Crippen molar-refractivity contribution in [1.29, 1.82) is 0 Å². The van der Waals surface area contributed by atoms with Crippen molar-refractivity contribution in [3.8, 4) is 0 Å². The van der Waals surface area contributed by atoms with E-state index in [-0.39, 0.29) is 5.91 Å². The third-order valence-corrected chi connectivity index (χ3v) is 4.55. The molecule has 7 heteroatoms. The standard InChI is InChI=1S/C15H18N2O3S2/c1-11-6-7-12(9-14(11)16-22(3,19)20)15(18)17(2)10-13-5-4-8-21-13/h4-9,16H,10H2,1-3H3. The van der Waals surface area contributed by atoms with E-state index in [0.29, 0.717) is 17.8 Å². The van der Waals surface area contributed by atoms with Crippen molar-refractivity contribution < 1.29 is 13.2 Å². The highest BCUT2D eigenvalue weighted by molar-refractivity contribution is 7.92. The summed E-state index contributed by atoms with van der Waals surface area (Å²) in [5.41, 5.74) is 1.65. The highest BCUT2D eigenvalue weighted by atomic mass is 32.2. The summed E-state index contributed by atoms with van der Waals surface area (Å²) in [4.78, 5) is 15.2. The topological polar surface area (TPSA) is 66.5 Å². The molecule has 1 N–H and O–H groups in total. The van der Waals surface area contributed by atoms with Crippen LogP contribution < -0.4 is 4.72 Å². The number of thiophene rings is 1. The van der Waals surface area contributed by atoms with Gasteiger partial charge < -0.3 is 4.90 Å². The van der Waals surface area contributed by atoms with E-state index >= 15 is 0 Å². The van der Waals surface area contributed by atoms with Gasteiger partial charge in [0, 0.05) is 17.5 Å². The number of nitrogens with zero attached hydrogens (tertiary/aromatic N) is 1. The predicted octanol–water partition coefficient (Wildman–Crippen LogP) is 2.70. The highest BCUT2D eigenvalue weighted by Crippen LogP contribution is 2.20. The molecule has 0 fully saturated rings. The summed E-state index contributed by atoms with van der Waals surface area (Å²) in [5, 5.41) is 1.97. The van der Waals surface area contributed by atoms with Crippen molar-refractivity contribution >= 4 is 33.0 Å². The molecule has 118 valence electrons. The molecule has 0 atom stereocenters. The number of carbonyl (C=O) groups excluding carboxylic acids is 1. The minimum absolute atomic E-state index is 0.148. The van der Waals surface area contributed by atoms with E-state index in [1.54, 1.807) is 48.4 Å². The zero-order valence-corrected chi connectivity index (χ0v) is 14.3. The minimum atomic E-state index is -3.38. The van der Waals surface area contributed by atoms with E-state index in [1.165, 1.54) is 0 Å². The number of anilines is 1. The lowest BCUT2D eigenvalue weighted by Gasteiger charge is -2.17. The summed E-state index contributed by atoms with van der Waals surface area (Å²) in [7, 11) is -1.65. The Labute approximate surface area is 134 Å². The van der Waals surface area contributed by atoms with Crippen LogP contribution in [0.2, 0.25) is 0 Å². The molecule has 0 saturated carbocycles. The fraction of sp³-hybridized carbons (Fsp3) is 0.267. The summed E-state index contributed by atoms with van der Waals surface area (Å²) < 4.78 is 25.2.